The second kappa shape index (κ2) is 6.94. The maximum Gasteiger partial charge on any atom is 0.225 e. The van der Waals surface area contributed by atoms with Crippen molar-refractivity contribution in [2.24, 2.45) is 11.7 Å². The van der Waals surface area contributed by atoms with Crippen molar-refractivity contribution in [1.82, 2.24) is 4.90 Å². The van der Waals surface area contributed by atoms with E-state index in [9.17, 15) is 4.79 Å². The highest BCUT2D eigenvalue weighted by Crippen LogP contribution is 2.25. The van der Waals surface area contributed by atoms with Gasteiger partial charge in [0.25, 0.3) is 0 Å². The zero-order chi connectivity index (χ0) is 15.4. The number of nitrogens with two attached hydrogens (primary N) is 1. The van der Waals surface area contributed by atoms with Crippen LogP contribution in [0.25, 0.3) is 0 Å². The van der Waals surface area contributed by atoms with Crippen LogP contribution in [0.2, 0.25) is 0 Å². The van der Waals surface area contributed by atoms with Gasteiger partial charge in [0.1, 0.15) is 12.4 Å². The Morgan fingerprint density at radius 2 is 1.95 bits per heavy atom. The minimum absolute atomic E-state index is 0.103. The summed E-state index contributed by atoms with van der Waals surface area (Å²) < 4.78 is 5.75. The van der Waals surface area contributed by atoms with Gasteiger partial charge in [-0.1, -0.05) is 6.07 Å². The molecule has 0 spiro atoms. The Labute approximate surface area is 127 Å². The van der Waals surface area contributed by atoms with Crippen molar-refractivity contribution in [2.45, 2.75) is 39.2 Å². The van der Waals surface area contributed by atoms with Crippen LogP contribution in [0.15, 0.2) is 18.2 Å². The molecule has 0 heterocycles. The molecule has 1 aromatic rings. The number of hydrogen-bond acceptors (Lipinski definition) is 3. The molecule has 2 atom stereocenters. The standard InChI is InChI=1S/C17H26N2O2/c1-12-8-13(2)10-16(9-12)21-7-6-19(3)17(20)14-4-5-15(18)11-14/h8-10,14-15H,4-7,11,18H2,1-3H3. The molecule has 0 aliphatic heterocycles. The fourth-order valence-corrected chi connectivity index (χ4v) is 2.98. The van der Waals surface area contributed by atoms with E-state index in [0.717, 1.165) is 25.0 Å². The Morgan fingerprint density at radius 1 is 1.29 bits per heavy atom. The number of nitrogens with zero attached hydrogens (tertiary/aromatic N) is 1. The number of rotatable bonds is 5. The van der Waals surface area contributed by atoms with E-state index in [-0.39, 0.29) is 17.9 Å². The van der Waals surface area contributed by atoms with Gasteiger partial charge in [-0.3, -0.25) is 4.79 Å². The molecule has 116 valence electrons. The number of amides is 1. The summed E-state index contributed by atoms with van der Waals surface area (Å²) in [6.07, 6.45) is 2.70. The van der Waals surface area contributed by atoms with Crippen molar-refractivity contribution in [3.05, 3.63) is 29.3 Å². The highest BCUT2D eigenvalue weighted by Gasteiger charge is 2.29. The molecule has 0 saturated heterocycles. The number of hydrogen-bond donors (Lipinski definition) is 1. The van der Waals surface area contributed by atoms with Crippen LogP contribution in [0.4, 0.5) is 0 Å². The van der Waals surface area contributed by atoms with Gasteiger partial charge in [0, 0.05) is 19.0 Å². The van der Waals surface area contributed by atoms with Crippen LogP contribution in [0, 0.1) is 19.8 Å². The highest BCUT2D eigenvalue weighted by atomic mass is 16.5. The molecule has 4 nitrogen and oxygen atoms in total. The van der Waals surface area contributed by atoms with Crippen molar-refractivity contribution in [2.75, 3.05) is 20.2 Å². The van der Waals surface area contributed by atoms with E-state index in [1.807, 2.05) is 19.2 Å². The van der Waals surface area contributed by atoms with Crippen LogP contribution in [0.3, 0.4) is 0 Å². The molecule has 21 heavy (non-hydrogen) atoms. The van der Waals surface area contributed by atoms with Gasteiger partial charge in [0.15, 0.2) is 0 Å². The molecule has 2 unspecified atom stereocenters. The minimum atomic E-state index is 0.103. The Bertz CT molecular complexity index is 481. The average Bonchev–Trinajstić information content (AvgIpc) is 2.83. The van der Waals surface area contributed by atoms with Gasteiger partial charge in [-0.2, -0.15) is 0 Å². The quantitative estimate of drug-likeness (QED) is 0.905. The average molecular weight is 290 g/mol. The third-order valence-corrected chi connectivity index (χ3v) is 4.09. The molecular weight excluding hydrogens is 264 g/mol. The topological polar surface area (TPSA) is 55.6 Å². The summed E-state index contributed by atoms with van der Waals surface area (Å²) in [6.45, 7) is 5.24. The number of likely N-dealkylation sites (N-methyl/N-ethyl adjacent to an activating group) is 1. The van der Waals surface area contributed by atoms with E-state index in [4.69, 9.17) is 10.5 Å². The summed E-state index contributed by atoms with van der Waals surface area (Å²) in [5, 5.41) is 0. The lowest BCUT2D eigenvalue weighted by Gasteiger charge is -2.21. The van der Waals surface area contributed by atoms with Crippen LogP contribution in [-0.2, 0) is 4.79 Å². The smallest absolute Gasteiger partial charge is 0.225 e. The normalized spacial score (nSPS) is 21.3. The fourth-order valence-electron chi connectivity index (χ4n) is 2.98. The van der Waals surface area contributed by atoms with Crippen molar-refractivity contribution < 1.29 is 9.53 Å². The first-order valence-corrected chi connectivity index (χ1v) is 7.67. The monoisotopic (exact) mass is 290 g/mol. The summed E-state index contributed by atoms with van der Waals surface area (Å²) in [5.74, 6) is 1.18. The Hall–Kier alpha value is -1.55. The van der Waals surface area contributed by atoms with Gasteiger partial charge >= 0.3 is 0 Å². The number of aryl methyl sites for hydroxylation is 2. The first kappa shape index (κ1) is 15.8. The molecule has 2 N–H and O–H groups in total. The molecule has 0 aromatic heterocycles. The zero-order valence-corrected chi connectivity index (χ0v) is 13.3. The van der Waals surface area contributed by atoms with E-state index in [2.05, 4.69) is 19.9 Å². The van der Waals surface area contributed by atoms with E-state index >= 15 is 0 Å². The molecule has 1 aromatic carbocycles. The van der Waals surface area contributed by atoms with E-state index in [0.29, 0.717) is 13.2 Å². The highest BCUT2D eigenvalue weighted by molar-refractivity contribution is 5.78. The molecule has 1 fully saturated rings. The molecule has 1 aliphatic carbocycles. The third-order valence-electron chi connectivity index (χ3n) is 4.09. The summed E-state index contributed by atoms with van der Waals surface area (Å²) >= 11 is 0. The first-order valence-electron chi connectivity index (χ1n) is 7.67. The lowest BCUT2D eigenvalue weighted by molar-refractivity contribution is -0.134. The molecule has 2 rings (SSSR count). The second-order valence-electron chi connectivity index (χ2n) is 6.20. The van der Waals surface area contributed by atoms with Gasteiger partial charge in [0.2, 0.25) is 5.91 Å². The van der Waals surface area contributed by atoms with Crippen LogP contribution in [0.5, 0.6) is 5.75 Å². The van der Waals surface area contributed by atoms with Gasteiger partial charge in [-0.15, -0.1) is 0 Å². The van der Waals surface area contributed by atoms with Gasteiger partial charge in [0.05, 0.1) is 6.54 Å². The Kier molecular flexibility index (Phi) is 5.23. The molecule has 0 radical (unpaired) electrons. The van der Waals surface area contributed by atoms with Crippen LogP contribution in [0.1, 0.15) is 30.4 Å². The predicted molar refractivity (Wildman–Crippen MR) is 84.4 cm³/mol. The molecule has 1 aliphatic rings. The summed E-state index contributed by atoms with van der Waals surface area (Å²) in [7, 11) is 1.84. The first-order chi connectivity index (χ1) is 9.95. The zero-order valence-electron chi connectivity index (χ0n) is 13.3. The second-order valence-corrected chi connectivity index (χ2v) is 6.20. The summed E-state index contributed by atoms with van der Waals surface area (Å²) in [5.41, 5.74) is 8.25. The number of ether oxygens (including phenoxy) is 1. The lowest BCUT2D eigenvalue weighted by atomic mass is 10.1. The number of benzene rings is 1. The predicted octanol–water partition coefficient (Wildman–Crippen LogP) is 2.27. The van der Waals surface area contributed by atoms with Crippen LogP contribution in [-0.4, -0.2) is 37.0 Å². The molecule has 0 bridgehead atoms. The molecule has 1 saturated carbocycles. The van der Waals surface area contributed by atoms with Gasteiger partial charge in [-0.25, -0.2) is 0 Å². The van der Waals surface area contributed by atoms with Crippen molar-refractivity contribution in [3.8, 4) is 5.75 Å². The summed E-state index contributed by atoms with van der Waals surface area (Å²) in [6, 6.07) is 6.35. The van der Waals surface area contributed by atoms with E-state index < -0.39 is 0 Å². The van der Waals surface area contributed by atoms with Crippen molar-refractivity contribution in [1.29, 1.82) is 0 Å². The van der Waals surface area contributed by atoms with E-state index in [1.54, 1.807) is 4.90 Å². The minimum Gasteiger partial charge on any atom is -0.492 e. The SMILES string of the molecule is Cc1cc(C)cc(OCCN(C)C(=O)C2CCC(N)C2)c1. The number of carbonyl (C=O) groups excluding carboxylic acids is 1. The summed E-state index contributed by atoms with van der Waals surface area (Å²) in [4.78, 5) is 14.0. The number of carbonyl (C=O) groups is 1. The van der Waals surface area contributed by atoms with Crippen LogP contribution < -0.4 is 10.5 Å². The lowest BCUT2D eigenvalue weighted by Crippen LogP contribution is -2.35. The molecule has 1 amide bonds. The largest absolute Gasteiger partial charge is 0.492 e. The maximum atomic E-state index is 12.3. The van der Waals surface area contributed by atoms with Gasteiger partial charge in [-0.05, 0) is 56.4 Å². The van der Waals surface area contributed by atoms with E-state index in [1.165, 1.54) is 11.1 Å². The molecular formula is C17H26N2O2. The Balaban J connectivity index is 1.78. The van der Waals surface area contributed by atoms with Crippen LogP contribution >= 0.6 is 0 Å². The third kappa shape index (κ3) is 4.46. The van der Waals surface area contributed by atoms with Crippen molar-refractivity contribution >= 4 is 5.91 Å². The maximum absolute atomic E-state index is 12.3. The van der Waals surface area contributed by atoms with Gasteiger partial charge < -0.3 is 15.4 Å². The Morgan fingerprint density at radius 3 is 2.52 bits per heavy atom. The fraction of sp³-hybridized carbons (Fsp3) is 0.588. The molecule has 4 heteroatoms. The van der Waals surface area contributed by atoms with Crippen molar-refractivity contribution in [3.63, 3.8) is 0 Å².